The van der Waals surface area contributed by atoms with E-state index in [1.165, 1.54) is 0 Å². The van der Waals surface area contributed by atoms with E-state index in [1.807, 2.05) is 30.3 Å². The Hall–Kier alpha value is -0.490. The van der Waals surface area contributed by atoms with Gasteiger partial charge in [0.25, 0.3) is 0 Å². The van der Waals surface area contributed by atoms with Crippen LogP contribution >= 0.6 is 45.8 Å². The largest absolute Gasteiger partial charge is 0.496 e. The molecule has 100 valence electrons. The summed E-state index contributed by atoms with van der Waals surface area (Å²) >= 11 is 14.3. The van der Waals surface area contributed by atoms with Crippen molar-refractivity contribution >= 4 is 45.8 Å². The van der Waals surface area contributed by atoms with Crippen molar-refractivity contribution in [3.8, 4) is 5.75 Å². The Morgan fingerprint density at radius 2 is 1.63 bits per heavy atom. The molecule has 0 amide bonds. The molecule has 0 saturated heterocycles. The number of methoxy groups -OCH3 is 1. The quantitative estimate of drug-likeness (QED) is 0.751. The van der Waals surface area contributed by atoms with Gasteiger partial charge >= 0.3 is 0 Å². The lowest BCUT2D eigenvalue weighted by Crippen LogP contribution is -2.14. The van der Waals surface area contributed by atoms with E-state index in [9.17, 15) is 0 Å². The monoisotopic (exact) mass is 407 g/mol. The first-order chi connectivity index (χ1) is 9.02. The highest BCUT2D eigenvalue weighted by Gasteiger charge is 2.17. The zero-order chi connectivity index (χ0) is 14.0. The van der Waals surface area contributed by atoms with Crippen LogP contribution in [0.15, 0.2) is 36.4 Å². The van der Waals surface area contributed by atoms with Gasteiger partial charge in [-0.1, -0.05) is 23.2 Å². The van der Waals surface area contributed by atoms with Gasteiger partial charge in [-0.2, -0.15) is 0 Å². The molecule has 0 fully saturated rings. The van der Waals surface area contributed by atoms with Crippen LogP contribution in [0.5, 0.6) is 5.75 Å². The summed E-state index contributed by atoms with van der Waals surface area (Å²) in [6.07, 6.45) is 0. The summed E-state index contributed by atoms with van der Waals surface area (Å²) < 4.78 is 6.39. The van der Waals surface area contributed by atoms with E-state index in [4.69, 9.17) is 33.7 Å². The summed E-state index contributed by atoms with van der Waals surface area (Å²) in [6.45, 7) is 0. The minimum atomic E-state index is -0.334. The average molecular weight is 408 g/mol. The molecule has 2 rings (SSSR count). The van der Waals surface area contributed by atoms with Crippen LogP contribution in [0.4, 0.5) is 0 Å². The SMILES string of the molecule is COc1ccc(Cl)cc1C(N)c1cc(Cl)ccc1I. The number of benzene rings is 2. The predicted octanol–water partition coefficient (Wildman–Crippen LogP) is 4.65. The molecule has 0 aliphatic rings. The van der Waals surface area contributed by atoms with Gasteiger partial charge in [0, 0.05) is 19.2 Å². The normalized spacial score (nSPS) is 12.3. The zero-order valence-electron chi connectivity index (χ0n) is 10.2. The van der Waals surface area contributed by atoms with E-state index in [2.05, 4.69) is 22.6 Å². The van der Waals surface area contributed by atoms with E-state index in [0.717, 1.165) is 14.7 Å². The van der Waals surface area contributed by atoms with Gasteiger partial charge in [0.2, 0.25) is 0 Å². The van der Waals surface area contributed by atoms with Crippen LogP contribution in [0.3, 0.4) is 0 Å². The number of rotatable bonds is 3. The van der Waals surface area contributed by atoms with Crippen LogP contribution in [0.2, 0.25) is 10.0 Å². The van der Waals surface area contributed by atoms with Gasteiger partial charge in [-0.05, 0) is 64.6 Å². The van der Waals surface area contributed by atoms with Crippen molar-refractivity contribution in [1.29, 1.82) is 0 Å². The number of hydrogen-bond donors (Lipinski definition) is 1. The molecular weight excluding hydrogens is 396 g/mol. The van der Waals surface area contributed by atoms with Crippen LogP contribution < -0.4 is 10.5 Å². The highest BCUT2D eigenvalue weighted by Crippen LogP contribution is 2.33. The summed E-state index contributed by atoms with van der Waals surface area (Å²) in [5, 5.41) is 1.29. The van der Waals surface area contributed by atoms with E-state index < -0.39 is 0 Å². The fraction of sp³-hybridized carbons (Fsp3) is 0.143. The molecule has 1 atom stereocenters. The van der Waals surface area contributed by atoms with Crippen molar-refractivity contribution in [2.75, 3.05) is 7.11 Å². The van der Waals surface area contributed by atoms with Crippen LogP contribution in [-0.2, 0) is 0 Å². The molecule has 0 radical (unpaired) electrons. The molecule has 2 N–H and O–H groups in total. The van der Waals surface area contributed by atoms with Gasteiger partial charge in [-0.3, -0.25) is 0 Å². The highest BCUT2D eigenvalue weighted by molar-refractivity contribution is 14.1. The standard InChI is InChI=1S/C14H12Cl2INO/c1-19-13-5-3-9(16)7-11(13)14(18)10-6-8(15)2-4-12(10)17/h2-7,14H,18H2,1H3. The molecule has 1 unspecified atom stereocenters. The zero-order valence-corrected chi connectivity index (χ0v) is 13.8. The van der Waals surface area contributed by atoms with Gasteiger partial charge < -0.3 is 10.5 Å². The number of nitrogens with two attached hydrogens (primary N) is 1. The minimum absolute atomic E-state index is 0.334. The summed E-state index contributed by atoms with van der Waals surface area (Å²) in [7, 11) is 1.61. The van der Waals surface area contributed by atoms with E-state index in [-0.39, 0.29) is 6.04 Å². The maximum atomic E-state index is 6.33. The molecule has 0 heterocycles. The first kappa shape index (κ1) is 14.9. The van der Waals surface area contributed by atoms with Crippen molar-refractivity contribution in [3.63, 3.8) is 0 Å². The second-order valence-corrected chi connectivity index (χ2v) is 6.06. The Labute approximate surface area is 136 Å². The second kappa shape index (κ2) is 6.31. The van der Waals surface area contributed by atoms with Crippen LogP contribution in [0, 0.1) is 3.57 Å². The molecule has 2 aromatic rings. The predicted molar refractivity (Wildman–Crippen MR) is 88.2 cm³/mol. The maximum absolute atomic E-state index is 6.33. The maximum Gasteiger partial charge on any atom is 0.124 e. The van der Waals surface area contributed by atoms with Gasteiger partial charge in [0.15, 0.2) is 0 Å². The molecule has 5 heteroatoms. The molecule has 0 saturated carbocycles. The van der Waals surface area contributed by atoms with Crippen LogP contribution in [0.25, 0.3) is 0 Å². The lowest BCUT2D eigenvalue weighted by atomic mass is 9.99. The highest BCUT2D eigenvalue weighted by atomic mass is 127. The molecule has 2 aromatic carbocycles. The second-order valence-electron chi connectivity index (χ2n) is 4.03. The molecule has 2 nitrogen and oxygen atoms in total. The lowest BCUT2D eigenvalue weighted by molar-refractivity contribution is 0.408. The molecule has 0 bridgehead atoms. The summed E-state index contributed by atoms with van der Waals surface area (Å²) in [5.74, 6) is 0.715. The van der Waals surface area contributed by atoms with Crippen molar-refractivity contribution in [2.24, 2.45) is 5.73 Å². The number of ether oxygens (including phenoxy) is 1. The van der Waals surface area contributed by atoms with E-state index in [0.29, 0.717) is 15.8 Å². The Balaban J connectivity index is 2.51. The van der Waals surface area contributed by atoms with Gasteiger partial charge in [-0.25, -0.2) is 0 Å². The smallest absolute Gasteiger partial charge is 0.124 e. The van der Waals surface area contributed by atoms with Gasteiger partial charge in [-0.15, -0.1) is 0 Å². The van der Waals surface area contributed by atoms with Crippen molar-refractivity contribution < 1.29 is 4.74 Å². The van der Waals surface area contributed by atoms with E-state index in [1.54, 1.807) is 13.2 Å². The Bertz CT molecular complexity index is 604. The molecule has 0 aliphatic carbocycles. The Kier molecular flexibility index (Phi) is 4.95. The molecular formula is C14H12Cl2INO. The summed E-state index contributed by atoms with van der Waals surface area (Å²) in [4.78, 5) is 0. The summed E-state index contributed by atoms with van der Waals surface area (Å²) in [6, 6.07) is 10.7. The molecule has 0 aromatic heterocycles. The molecule has 0 aliphatic heterocycles. The van der Waals surface area contributed by atoms with Gasteiger partial charge in [0.05, 0.1) is 13.2 Å². The minimum Gasteiger partial charge on any atom is -0.496 e. The average Bonchev–Trinajstić information content (AvgIpc) is 2.40. The Morgan fingerprint density at radius 3 is 2.26 bits per heavy atom. The number of hydrogen-bond acceptors (Lipinski definition) is 2. The van der Waals surface area contributed by atoms with Crippen LogP contribution in [-0.4, -0.2) is 7.11 Å². The topological polar surface area (TPSA) is 35.2 Å². The van der Waals surface area contributed by atoms with Crippen molar-refractivity contribution in [2.45, 2.75) is 6.04 Å². The fourth-order valence-corrected chi connectivity index (χ4v) is 2.90. The van der Waals surface area contributed by atoms with Gasteiger partial charge in [0.1, 0.15) is 5.75 Å². The first-order valence-electron chi connectivity index (χ1n) is 5.57. The summed E-state index contributed by atoms with van der Waals surface area (Å²) in [5.41, 5.74) is 8.12. The number of halogens is 3. The third kappa shape index (κ3) is 3.34. The fourth-order valence-electron chi connectivity index (χ4n) is 1.87. The first-order valence-corrected chi connectivity index (χ1v) is 7.40. The van der Waals surface area contributed by atoms with E-state index >= 15 is 0 Å². The lowest BCUT2D eigenvalue weighted by Gasteiger charge is -2.18. The Morgan fingerprint density at radius 1 is 1.05 bits per heavy atom. The third-order valence-electron chi connectivity index (χ3n) is 2.82. The van der Waals surface area contributed by atoms with Crippen molar-refractivity contribution in [1.82, 2.24) is 0 Å². The van der Waals surface area contributed by atoms with Crippen LogP contribution in [0.1, 0.15) is 17.2 Å². The van der Waals surface area contributed by atoms with Crippen molar-refractivity contribution in [3.05, 3.63) is 61.1 Å². The molecule has 19 heavy (non-hydrogen) atoms. The third-order valence-corrected chi connectivity index (χ3v) is 4.27. The molecule has 0 spiro atoms.